The zero-order chi connectivity index (χ0) is 11.8. The maximum atomic E-state index is 11.2. The van der Waals surface area contributed by atoms with E-state index in [4.69, 9.17) is 5.73 Å². The number of carbonyl (C=O) groups excluding carboxylic acids is 1. The molecule has 0 atom stereocenters. The van der Waals surface area contributed by atoms with Crippen LogP contribution in [0.5, 0.6) is 0 Å². The molecule has 0 spiro atoms. The van der Waals surface area contributed by atoms with Crippen LogP contribution in [0.15, 0.2) is 24.4 Å². The van der Waals surface area contributed by atoms with Crippen molar-refractivity contribution in [2.45, 2.75) is 19.3 Å². The largest absolute Gasteiger partial charge is 0.366 e. The van der Waals surface area contributed by atoms with Gasteiger partial charge in [0, 0.05) is 17.3 Å². The number of benzene rings is 1. The highest BCUT2D eigenvalue weighted by atomic mass is 16.1. The van der Waals surface area contributed by atoms with E-state index in [-0.39, 0.29) is 5.91 Å². The number of carbonyl (C=O) groups is 1. The number of hydrogen-bond donors (Lipinski definition) is 2. The van der Waals surface area contributed by atoms with Gasteiger partial charge in [0.25, 0.3) is 0 Å². The van der Waals surface area contributed by atoms with E-state index < -0.39 is 0 Å². The average Bonchev–Trinajstić information content (AvgIpc) is 2.71. The first-order valence-corrected chi connectivity index (χ1v) is 5.71. The molecule has 1 aromatic heterocycles. The molecule has 2 aromatic rings. The molecule has 0 saturated carbocycles. The summed E-state index contributed by atoms with van der Waals surface area (Å²) in [7, 11) is 0. The number of fused-ring (bicyclic) bond motifs is 3. The number of aryl methyl sites for hydroxylation is 2. The summed E-state index contributed by atoms with van der Waals surface area (Å²) < 4.78 is 0. The third kappa shape index (κ3) is 1.62. The van der Waals surface area contributed by atoms with Crippen molar-refractivity contribution in [2.75, 3.05) is 0 Å². The van der Waals surface area contributed by atoms with Gasteiger partial charge in [-0.3, -0.25) is 9.89 Å². The fourth-order valence-electron chi connectivity index (χ4n) is 2.39. The van der Waals surface area contributed by atoms with Gasteiger partial charge in [0.05, 0.1) is 5.69 Å². The van der Waals surface area contributed by atoms with Crippen LogP contribution in [0, 0.1) is 0 Å². The monoisotopic (exact) mass is 227 g/mol. The number of H-pyrrole nitrogens is 1. The number of nitrogens with zero attached hydrogens (tertiary/aromatic N) is 1. The first-order valence-electron chi connectivity index (χ1n) is 5.71. The molecule has 17 heavy (non-hydrogen) atoms. The molecular weight excluding hydrogens is 214 g/mol. The van der Waals surface area contributed by atoms with Crippen LogP contribution in [0.25, 0.3) is 11.3 Å². The average molecular weight is 227 g/mol. The number of aromatic amines is 1. The molecule has 0 radical (unpaired) electrons. The summed E-state index contributed by atoms with van der Waals surface area (Å²) in [6.07, 6.45) is 5.01. The van der Waals surface area contributed by atoms with Gasteiger partial charge in [-0.05, 0) is 42.5 Å². The molecule has 0 aliphatic heterocycles. The fourth-order valence-corrected chi connectivity index (χ4v) is 2.39. The Labute approximate surface area is 98.8 Å². The molecule has 1 amide bonds. The normalized spacial score (nSPS) is 13.6. The first-order chi connectivity index (χ1) is 8.25. The summed E-state index contributed by atoms with van der Waals surface area (Å²) in [5.74, 6) is -0.376. The summed E-state index contributed by atoms with van der Waals surface area (Å²) in [4.78, 5) is 11.2. The van der Waals surface area contributed by atoms with E-state index in [1.54, 1.807) is 6.07 Å². The Morgan fingerprint density at radius 2 is 2.12 bits per heavy atom. The Bertz CT molecular complexity index is 586. The fraction of sp³-hybridized carbons (Fsp3) is 0.231. The van der Waals surface area contributed by atoms with Crippen LogP contribution in [0.3, 0.4) is 0 Å². The zero-order valence-corrected chi connectivity index (χ0v) is 9.36. The quantitative estimate of drug-likeness (QED) is 0.777. The topological polar surface area (TPSA) is 71.8 Å². The molecular formula is C13H13N3O. The SMILES string of the molecule is NC(=O)c1ccc2c(c1)CCCc1c[nH]nc1-2. The van der Waals surface area contributed by atoms with Crippen LogP contribution in [-0.2, 0) is 12.8 Å². The molecule has 1 aliphatic rings. The Morgan fingerprint density at radius 1 is 1.29 bits per heavy atom. The second-order valence-electron chi connectivity index (χ2n) is 4.35. The van der Waals surface area contributed by atoms with Crippen LogP contribution in [0.4, 0.5) is 0 Å². The summed E-state index contributed by atoms with van der Waals surface area (Å²) >= 11 is 0. The van der Waals surface area contributed by atoms with Crippen LogP contribution in [0.2, 0.25) is 0 Å². The first kappa shape index (κ1) is 10.1. The van der Waals surface area contributed by atoms with Crippen molar-refractivity contribution in [3.05, 3.63) is 41.1 Å². The highest BCUT2D eigenvalue weighted by molar-refractivity contribution is 5.93. The van der Waals surface area contributed by atoms with Gasteiger partial charge in [-0.2, -0.15) is 5.10 Å². The second-order valence-corrected chi connectivity index (χ2v) is 4.35. The smallest absolute Gasteiger partial charge is 0.248 e. The van der Waals surface area contributed by atoms with Crippen molar-refractivity contribution in [3.8, 4) is 11.3 Å². The van der Waals surface area contributed by atoms with Crippen LogP contribution in [0.1, 0.15) is 27.9 Å². The molecule has 0 unspecified atom stereocenters. The second kappa shape index (κ2) is 3.73. The third-order valence-corrected chi connectivity index (χ3v) is 3.26. The predicted molar refractivity (Wildman–Crippen MR) is 64.6 cm³/mol. The van der Waals surface area contributed by atoms with Crippen molar-refractivity contribution in [2.24, 2.45) is 5.73 Å². The zero-order valence-electron chi connectivity index (χ0n) is 9.36. The third-order valence-electron chi connectivity index (χ3n) is 3.26. The maximum absolute atomic E-state index is 11.2. The molecule has 86 valence electrons. The summed E-state index contributed by atoms with van der Waals surface area (Å²) in [5, 5.41) is 7.20. The summed E-state index contributed by atoms with van der Waals surface area (Å²) in [6, 6.07) is 5.60. The van der Waals surface area contributed by atoms with E-state index in [1.165, 1.54) is 5.56 Å². The standard InChI is InChI=1S/C13H13N3O/c14-13(17)9-4-5-11-8(6-9)2-1-3-10-7-15-16-12(10)11/h4-7H,1-3H2,(H2,14,17)(H,15,16). The number of rotatable bonds is 1. The Balaban J connectivity index is 2.18. The molecule has 1 aliphatic carbocycles. The van der Waals surface area contributed by atoms with Crippen molar-refractivity contribution < 1.29 is 4.79 Å². The number of hydrogen-bond acceptors (Lipinski definition) is 2. The van der Waals surface area contributed by atoms with Gasteiger partial charge in [-0.1, -0.05) is 6.07 Å². The van der Waals surface area contributed by atoms with Gasteiger partial charge >= 0.3 is 0 Å². The lowest BCUT2D eigenvalue weighted by atomic mass is 9.99. The number of nitrogens with one attached hydrogen (secondary N) is 1. The van der Waals surface area contributed by atoms with Gasteiger partial charge < -0.3 is 5.73 Å². The number of amides is 1. The Hall–Kier alpha value is -2.10. The molecule has 0 saturated heterocycles. The highest BCUT2D eigenvalue weighted by Crippen LogP contribution is 2.31. The van der Waals surface area contributed by atoms with Crippen LogP contribution in [-0.4, -0.2) is 16.1 Å². The van der Waals surface area contributed by atoms with Gasteiger partial charge in [0.2, 0.25) is 5.91 Å². The minimum atomic E-state index is -0.376. The van der Waals surface area contributed by atoms with Gasteiger partial charge in [0.15, 0.2) is 0 Å². The van der Waals surface area contributed by atoms with Gasteiger partial charge in [-0.15, -0.1) is 0 Å². The molecule has 1 aromatic carbocycles. The molecule has 3 N–H and O–H groups in total. The summed E-state index contributed by atoms with van der Waals surface area (Å²) in [6.45, 7) is 0. The van der Waals surface area contributed by atoms with E-state index >= 15 is 0 Å². The number of nitrogens with two attached hydrogens (primary N) is 1. The van der Waals surface area contributed by atoms with E-state index in [0.717, 1.165) is 36.1 Å². The lowest BCUT2D eigenvalue weighted by Crippen LogP contribution is -2.11. The minimum absolute atomic E-state index is 0.376. The van der Waals surface area contributed by atoms with Crippen molar-refractivity contribution >= 4 is 5.91 Å². The van der Waals surface area contributed by atoms with E-state index in [9.17, 15) is 4.79 Å². The van der Waals surface area contributed by atoms with Gasteiger partial charge in [-0.25, -0.2) is 0 Å². The van der Waals surface area contributed by atoms with Crippen molar-refractivity contribution in [1.29, 1.82) is 0 Å². The molecule has 0 fully saturated rings. The molecule has 4 nitrogen and oxygen atoms in total. The maximum Gasteiger partial charge on any atom is 0.248 e. The van der Waals surface area contributed by atoms with Crippen molar-refractivity contribution in [3.63, 3.8) is 0 Å². The Kier molecular flexibility index (Phi) is 2.21. The van der Waals surface area contributed by atoms with Gasteiger partial charge in [0.1, 0.15) is 0 Å². The molecule has 0 bridgehead atoms. The number of aromatic nitrogens is 2. The van der Waals surface area contributed by atoms with Crippen LogP contribution < -0.4 is 5.73 Å². The predicted octanol–water partition coefficient (Wildman–Crippen LogP) is 1.66. The lowest BCUT2D eigenvalue weighted by molar-refractivity contribution is 0.1000. The molecule has 4 heteroatoms. The molecule has 1 heterocycles. The number of primary amides is 1. The lowest BCUT2D eigenvalue weighted by Gasteiger charge is -2.06. The van der Waals surface area contributed by atoms with E-state index in [1.807, 2.05) is 18.3 Å². The van der Waals surface area contributed by atoms with Crippen molar-refractivity contribution in [1.82, 2.24) is 10.2 Å². The molecule has 3 rings (SSSR count). The van der Waals surface area contributed by atoms with Crippen LogP contribution >= 0.6 is 0 Å². The van der Waals surface area contributed by atoms with E-state index in [2.05, 4.69) is 10.2 Å². The Morgan fingerprint density at radius 3 is 2.94 bits per heavy atom. The minimum Gasteiger partial charge on any atom is -0.366 e. The summed E-state index contributed by atoms with van der Waals surface area (Å²) in [5.41, 5.74) is 10.4. The highest BCUT2D eigenvalue weighted by Gasteiger charge is 2.17. The van der Waals surface area contributed by atoms with E-state index in [0.29, 0.717) is 5.56 Å².